The van der Waals surface area contributed by atoms with Gasteiger partial charge in [0.2, 0.25) is 0 Å². The van der Waals surface area contributed by atoms with Gasteiger partial charge in [0, 0.05) is 24.7 Å². The van der Waals surface area contributed by atoms with Gasteiger partial charge >= 0.3 is 0 Å². The minimum absolute atomic E-state index is 0.107. The van der Waals surface area contributed by atoms with Crippen molar-refractivity contribution in [1.29, 1.82) is 0 Å². The fourth-order valence-electron chi connectivity index (χ4n) is 3.49. The number of carbonyl (C=O) groups excluding carboxylic acids is 1. The highest BCUT2D eigenvalue weighted by atomic mass is 32.1. The van der Waals surface area contributed by atoms with Crippen LogP contribution in [0.25, 0.3) is 10.2 Å². The molecule has 2 N–H and O–H groups in total. The molecule has 1 aliphatic rings. The molecule has 1 atom stereocenters. The van der Waals surface area contributed by atoms with Gasteiger partial charge in [0.25, 0.3) is 5.91 Å². The summed E-state index contributed by atoms with van der Waals surface area (Å²) in [4.78, 5) is 18.0. The van der Waals surface area contributed by atoms with Gasteiger partial charge in [0.1, 0.15) is 5.69 Å². The standard InChI is InChI=1S/C17H20N4OS/c1-2-11-9-18-20-16(11)12-4-3-6-21(10-12)17(22)14-8-15-13(19-14)5-7-23-15/h5,7-9,12,19H,2-4,6,10H2,1H3,(H,18,20)/t12-/m1/s1. The average Bonchev–Trinajstić information content (AvgIpc) is 3.29. The third kappa shape index (κ3) is 2.57. The molecule has 3 aromatic heterocycles. The largest absolute Gasteiger partial charge is 0.350 e. The quantitative estimate of drug-likeness (QED) is 0.772. The van der Waals surface area contributed by atoms with Gasteiger partial charge in [-0.1, -0.05) is 6.92 Å². The van der Waals surface area contributed by atoms with Gasteiger partial charge in [-0.05, 0) is 42.3 Å². The lowest BCUT2D eigenvalue weighted by Gasteiger charge is -2.32. The Morgan fingerprint density at radius 2 is 2.43 bits per heavy atom. The summed E-state index contributed by atoms with van der Waals surface area (Å²) >= 11 is 1.66. The summed E-state index contributed by atoms with van der Waals surface area (Å²) < 4.78 is 1.14. The molecule has 0 unspecified atom stereocenters. The Balaban J connectivity index is 1.54. The summed E-state index contributed by atoms with van der Waals surface area (Å²) in [6, 6.07) is 3.99. The maximum atomic E-state index is 12.8. The molecule has 0 bridgehead atoms. The summed E-state index contributed by atoms with van der Waals surface area (Å²) in [5.74, 6) is 0.469. The van der Waals surface area contributed by atoms with Crippen molar-refractivity contribution in [2.75, 3.05) is 13.1 Å². The van der Waals surface area contributed by atoms with Crippen LogP contribution in [0.2, 0.25) is 0 Å². The molecular weight excluding hydrogens is 308 g/mol. The number of aromatic nitrogens is 3. The van der Waals surface area contributed by atoms with Gasteiger partial charge in [0.15, 0.2) is 0 Å². The number of likely N-dealkylation sites (tertiary alicyclic amines) is 1. The minimum atomic E-state index is 0.107. The van der Waals surface area contributed by atoms with Crippen molar-refractivity contribution in [3.63, 3.8) is 0 Å². The summed E-state index contributed by atoms with van der Waals surface area (Å²) in [7, 11) is 0. The first-order valence-electron chi connectivity index (χ1n) is 8.14. The van der Waals surface area contributed by atoms with Gasteiger partial charge in [-0.2, -0.15) is 5.10 Å². The van der Waals surface area contributed by atoms with E-state index in [1.165, 1.54) is 11.3 Å². The van der Waals surface area contributed by atoms with E-state index in [1.54, 1.807) is 11.3 Å². The molecule has 6 heteroatoms. The Morgan fingerprint density at radius 1 is 1.52 bits per heavy atom. The second kappa shape index (κ2) is 5.85. The average molecular weight is 328 g/mol. The van der Waals surface area contributed by atoms with Crippen molar-refractivity contribution in [1.82, 2.24) is 20.1 Å². The van der Waals surface area contributed by atoms with Crippen molar-refractivity contribution in [2.24, 2.45) is 0 Å². The highest BCUT2D eigenvalue weighted by Crippen LogP contribution is 2.29. The van der Waals surface area contributed by atoms with Gasteiger partial charge in [-0.3, -0.25) is 9.89 Å². The number of nitrogens with zero attached hydrogens (tertiary/aromatic N) is 2. The van der Waals surface area contributed by atoms with Crippen LogP contribution in [0.1, 0.15) is 47.4 Å². The molecule has 0 spiro atoms. The van der Waals surface area contributed by atoms with Crippen LogP contribution >= 0.6 is 11.3 Å². The maximum absolute atomic E-state index is 12.8. The van der Waals surface area contributed by atoms with Gasteiger partial charge in [0.05, 0.1) is 16.4 Å². The number of H-pyrrole nitrogens is 2. The van der Waals surface area contributed by atoms with E-state index >= 15 is 0 Å². The van der Waals surface area contributed by atoms with E-state index < -0.39 is 0 Å². The van der Waals surface area contributed by atoms with Crippen molar-refractivity contribution < 1.29 is 4.79 Å². The fraction of sp³-hybridized carbons (Fsp3) is 0.412. The SMILES string of the molecule is CCc1cn[nH]c1[C@@H]1CCCN(C(=O)c2cc3sccc3[nH]2)C1. The molecule has 5 nitrogen and oxygen atoms in total. The molecule has 4 rings (SSSR count). The van der Waals surface area contributed by atoms with Gasteiger partial charge in [-0.15, -0.1) is 11.3 Å². The Bertz CT molecular complexity index is 802. The smallest absolute Gasteiger partial charge is 0.270 e. The zero-order valence-electron chi connectivity index (χ0n) is 13.1. The zero-order valence-corrected chi connectivity index (χ0v) is 13.9. The number of fused-ring (bicyclic) bond motifs is 1. The number of piperidine rings is 1. The van der Waals surface area contributed by atoms with Crippen LogP contribution in [0, 0.1) is 0 Å². The Kier molecular flexibility index (Phi) is 3.69. The second-order valence-corrected chi connectivity index (χ2v) is 7.08. The third-order valence-corrected chi connectivity index (χ3v) is 5.58. The highest BCUT2D eigenvalue weighted by molar-refractivity contribution is 7.17. The van der Waals surface area contributed by atoms with Crippen LogP contribution in [0.15, 0.2) is 23.7 Å². The van der Waals surface area contributed by atoms with Crippen molar-refractivity contribution in [2.45, 2.75) is 32.1 Å². The predicted octanol–water partition coefficient (Wildman–Crippen LogP) is 3.53. The molecule has 3 aromatic rings. The molecule has 1 saturated heterocycles. The Hall–Kier alpha value is -2.08. The number of hydrogen-bond donors (Lipinski definition) is 2. The number of aromatic amines is 2. The molecule has 0 saturated carbocycles. The summed E-state index contributed by atoms with van der Waals surface area (Å²) in [6.45, 7) is 3.74. The topological polar surface area (TPSA) is 64.8 Å². The van der Waals surface area contributed by atoms with Crippen LogP contribution in [-0.2, 0) is 6.42 Å². The van der Waals surface area contributed by atoms with E-state index in [0.717, 1.165) is 42.6 Å². The number of thiophene rings is 1. The normalized spacial score (nSPS) is 18.7. The van der Waals surface area contributed by atoms with E-state index in [2.05, 4.69) is 22.1 Å². The number of aryl methyl sites for hydroxylation is 1. The lowest BCUT2D eigenvalue weighted by molar-refractivity contribution is 0.0700. The van der Waals surface area contributed by atoms with E-state index in [-0.39, 0.29) is 5.91 Å². The van der Waals surface area contributed by atoms with E-state index in [0.29, 0.717) is 11.6 Å². The van der Waals surface area contributed by atoms with Crippen molar-refractivity contribution in [3.05, 3.63) is 40.7 Å². The highest BCUT2D eigenvalue weighted by Gasteiger charge is 2.28. The molecule has 0 aliphatic carbocycles. The van der Waals surface area contributed by atoms with Crippen LogP contribution in [0.5, 0.6) is 0 Å². The van der Waals surface area contributed by atoms with E-state index in [1.807, 2.05) is 28.6 Å². The molecule has 23 heavy (non-hydrogen) atoms. The van der Waals surface area contributed by atoms with Gasteiger partial charge in [-0.25, -0.2) is 0 Å². The summed E-state index contributed by atoms with van der Waals surface area (Å²) in [5.41, 5.74) is 4.23. The van der Waals surface area contributed by atoms with E-state index in [4.69, 9.17) is 0 Å². The zero-order chi connectivity index (χ0) is 15.8. The number of rotatable bonds is 3. The van der Waals surface area contributed by atoms with Crippen LogP contribution < -0.4 is 0 Å². The molecule has 0 radical (unpaired) electrons. The first-order chi connectivity index (χ1) is 11.3. The van der Waals surface area contributed by atoms with E-state index in [9.17, 15) is 4.79 Å². The molecule has 120 valence electrons. The molecule has 1 amide bonds. The molecule has 4 heterocycles. The first-order valence-corrected chi connectivity index (χ1v) is 9.02. The van der Waals surface area contributed by atoms with Gasteiger partial charge < -0.3 is 9.88 Å². The fourth-order valence-corrected chi connectivity index (χ4v) is 4.27. The summed E-state index contributed by atoms with van der Waals surface area (Å²) in [6.07, 6.45) is 5.03. The Morgan fingerprint density at radius 3 is 3.26 bits per heavy atom. The Labute approximate surface area is 138 Å². The number of hydrogen-bond acceptors (Lipinski definition) is 3. The number of carbonyl (C=O) groups is 1. The minimum Gasteiger partial charge on any atom is -0.350 e. The lowest BCUT2D eigenvalue weighted by Crippen LogP contribution is -2.39. The van der Waals surface area contributed by atoms with Crippen molar-refractivity contribution >= 4 is 27.5 Å². The van der Waals surface area contributed by atoms with Crippen LogP contribution in [0.3, 0.4) is 0 Å². The summed E-state index contributed by atoms with van der Waals surface area (Å²) in [5, 5.41) is 9.37. The predicted molar refractivity (Wildman–Crippen MR) is 92.0 cm³/mol. The third-order valence-electron chi connectivity index (χ3n) is 4.72. The molecule has 0 aromatic carbocycles. The molecular formula is C17H20N4OS. The maximum Gasteiger partial charge on any atom is 0.270 e. The molecule has 1 aliphatic heterocycles. The lowest BCUT2D eigenvalue weighted by atomic mass is 9.92. The first kappa shape index (κ1) is 14.5. The van der Waals surface area contributed by atoms with Crippen LogP contribution in [0.4, 0.5) is 0 Å². The van der Waals surface area contributed by atoms with Crippen molar-refractivity contribution in [3.8, 4) is 0 Å². The second-order valence-electron chi connectivity index (χ2n) is 6.13. The monoisotopic (exact) mass is 328 g/mol. The number of amides is 1. The molecule has 1 fully saturated rings. The number of nitrogens with one attached hydrogen (secondary N) is 2. The van der Waals surface area contributed by atoms with Crippen LogP contribution in [-0.4, -0.2) is 39.1 Å².